The minimum Gasteiger partial charge on any atom is -0.310 e. The minimum atomic E-state index is 0.254. The molecular weight excluding hydrogens is 825 g/mol. The van der Waals surface area contributed by atoms with Crippen molar-refractivity contribution in [1.29, 1.82) is 0 Å². The highest BCUT2D eigenvalue weighted by Gasteiger charge is 2.20. The van der Waals surface area contributed by atoms with Gasteiger partial charge in [-0.2, -0.15) is 0 Å². The van der Waals surface area contributed by atoms with E-state index in [1.54, 1.807) is 0 Å². The van der Waals surface area contributed by atoms with Crippen LogP contribution in [-0.4, -0.2) is 19.1 Å². The van der Waals surface area contributed by atoms with Crippen LogP contribution < -0.4 is 10.6 Å². The topological polar surface area (TPSA) is 35.6 Å². The van der Waals surface area contributed by atoms with Crippen LogP contribution in [0.15, 0.2) is 237 Å². The highest BCUT2D eigenvalue weighted by molar-refractivity contribution is 6.09. The average molecular weight is 869 g/mol. The monoisotopic (exact) mass is 868 g/mol. The van der Waals surface area contributed by atoms with E-state index in [0.29, 0.717) is 5.82 Å². The highest BCUT2D eigenvalue weighted by atomic mass is 15.0. The molecule has 1 aliphatic rings. The molecule has 12 aromatic rings. The summed E-state index contributed by atoms with van der Waals surface area (Å²) in [6.07, 6.45) is 7.72. The molecule has 0 N–H and O–H groups in total. The van der Waals surface area contributed by atoms with Gasteiger partial charge in [-0.3, -0.25) is 0 Å². The van der Waals surface area contributed by atoms with E-state index >= 15 is 0 Å². The van der Waals surface area contributed by atoms with Crippen LogP contribution >= 0.6 is 0 Å². The van der Waals surface area contributed by atoms with Crippen LogP contribution in [0.2, 0.25) is 0 Å². The number of fused-ring (bicyclic) bond motifs is 6. The fourth-order valence-corrected chi connectivity index (χ4v) is 10.5. The SMILES string of the molecule is C1=c2c(n(-c3ccc(-c4nccc(-c5cccc(-c6ccc(-c7ccccc7)c(-c7ccccc7)c6)c5)n4)cc3)c3ccccc23)=CCC1c1ccc2c(c1)c1ccccc1n2-c1ccccc1. The maximum atomic E-state index is 5.14. The van der Waals surface area contributed by atoms with Gasteiger partial charge in [-0.05, 0) is 124 Å². The molecule has 0 saturated heterocycles. The second kappa shape index (κ2) is 16.5. The third-order valence-corrected chi connectivity index (χ3v) is 13.7. The zero-order valence-corrected chi connectivity index (χ0v) is 37.2. The number of hydrogen-bond donors (Lipinski definition) is 0. The number of nitrogens with zero attached hydrogens (tertiary/aromatic N) is 4. The van der Waals surface area contributed by atoms with Gasteiger partial charge in [0.25, 0.3) is 0 Å². The van der Waals surface area contributed by atoms with Gasteiger partial charge in [0.15, 0.2) is 5.82 Å². The lowest BCUT2D eigenvalue weighted by Crippen LogP contribution is -2.31. The van der Waals surface area contributed by atoms with Crippen molar-refractivity contribution in [3.8, 4) is 67.4 Å². The van der Waals surface area contributed by atoms with Gasteiger partial charge in [-0.1, -0.05) is 164 Å². The molecule has 4 nitrogen and oxygen atoms in total. The molecule has 0 bridgehead atoms. The van der Waals surface area contributed by atoms with Crippen molar-refractivity contribution in [1.82, 2.24) is 19.1 Å². The molecule has 0 saturated carbocycles. The maximum absolute atomic E-state index is 5.14. The van der Waals surface area contributed by atoms with Gasteiger partial charge in [-0.25, -0.2) is 9.97 Å². The molecular formula is C64H44N4. The Morgan fingerprint density at radius 3 is 1.78 bits per heavy atom. The van der Waals surface area contributed by atoms with Crippen molar-refractivity contribution in [2.75, 3.05) is 0 Å². The van der Waals surface area contributed by atoms with E-state index in [9.17, 15) is 0 Å². The summed E-state index contributed by atoms with van der Waals surface area (Å²) in [6.45, 7) is 0. The van der Waals surface area contributed by atoms with Crippen molar-refractivity contribution in [3.63, 3.8) is 0 Å². The van der Waals surface area contributed by atoms with E-state index in [-0.39, 0.29) is 5.92 Å². The Labute approximate surface area is 394 Å². The fourth-order valence-electron chi connectivity index (χ4n) is 10.5. The number of rotatable bonds is 8. The lowest BCUT2D eigenvalue weighted by Gasteiger charge is -2.15. The number of para-hydroxylation sites is 3. The standard InChI is InChI=1S/C64H44N4/c1-4-15-43(16-5-1)53-34-29-47(40-56(53)44-17-6-2-7-18-44)46-19-14-20-50(39-46)59-37-38-65-64(66-59)45-27-32-52(33-28-45)68-61-26-13-11-24-55(61)58-42-49(31-36-63(58)68)48-30-35-62-57(41-48)54-23-10-12-25-60(54)67(62)51-21-8-3-9-22-51/h1-30,32-42,49H,31H2. The lowest BCUT2D eigenvalue weighted by molar-refractivity contribution is 0.909. The summed E-state index contributed by atoms with van der Waals surface area (Å²) in [5.41, 5.74) is 17.3. The molecule has 0 spiro atoms. The second-order valence-corrected chi connectivity index (χ2v) is 17.7. The molecule has 1 unspecified atom stereocenters. The van der Waals surface area contributed by atoms with Crippen LogP contribution in [0.4, 0.5) is 0 Å². The maximum Gasteiger partial charge on any atom is 0.159 e. The van der Waals surface area contributed by atoms with Crippen molar-refractivity contribution < 1.29 is 0 Å². The van der Waals surface area contributed by atoms with Crippen LogP contribution in [0.25, 0.3) is 112 Å². The molecule has 3 aromatic heterocycles. The molecule has 1 aliphatic carbocycles. The number of benzene rings is 9. The van der Waals surface area contributed by atoms with Gasteiger partial charge >= 0.3 is 0 Å². The molecule has 0 aliphatic heterocycles. The quantitative estimate of drug-likeness (QED) is 0.153. The van der Waals surface area contributed by atoms with Gasteiger partial charge in [0.05, 0.1) is 22.2 Å². The van der Waals surface area contributed by atoms with Gasteiger partial charge < -0.3 is 9.13 Å². The Morgan fingerprint density at radius 1 is 0.397 bits per heavy atom. The molecule has 13 rings (SSSR count). The number of hydrogen-bond acceptors (Lipinski definition) is 2. The van der Waals surface area contributed by atoms with E-state index in [1.807, 2.05) is 12.3 Å². The summed E-state index contributed by atoms with van der Waals surface area (Å²) < 4.78 is 4.80. The Morgan fingerprint density at radius 2 is 1.00 bits per heavy atom. The molecule has 68 heavy (non-hydrogen) atoms. The Hall–Kier alpha value is -8.86. The third kappa shape index (κ3) is 6.85. The first-order chi connectivity index (χ1) is 33.7. The van der Waals surface area contributed by atoms with Crippen molar-refractivity contribution >= 4 is 44.9 Å². The van der Waals surface area contributed by atoms with Gasteiger partial charge in [0, 0.05) is 61.3 Å². The van der Waals surface area contributed by atoms with Gasteiger partial charge in [0.1, 0.15) is 0 Å². The predicted molar refractivity (Wildman–Crippen MR) is 282 cm³/mol. The summed E-state index contributed by atoms with van der Waals surface area (Å²) in [5.74, 6) is 0.952. The normalized spacial score (nSPS) is 13.3. The first-order valence-corrected chi connectivity index (χ1v) is 23.4. The molecule has 4 heteroatoms. The zero-order chi connectivity index (χ0) is 45.0. The Kier molecular flexibility index (Phi) is 9.61. The molecule has 1 atom stereocenters. The zero-order valence-electron chi connectivity index (χ0n) is 37.2. The van der Waals surface area contributed by atoms with Gasteiger partial charge in [-0.15, -0.1) is 0 Å². The van der Waals surface area contributed by atoms with Crippen LogP contribution in [0.1, 0.15) is 17.9 Å². The number of aromatic nitrogens is 4. The van der Waals surface area contributed by atoms with Crippen LogP contribution in [0, 0.1) is 0 Å². The summed E-state index contributed by atoms with van der Waals surface area (Å²) >= 11 is 0. The fraction of sp³-hybridized carbons (Fsp3) is 0.0312. The summed E-state index contributed by atoms with van der Waals surface area (Å²) in [7, 11) is 0. The molecule has 3 heterocycles. The first kappa shape index (κ1) is 39.5. The third-order valence-electron chi connectivity index (χ3n) is 13.7. The van der Waals surface area contributed by atoms with Crippen molar-refractivity contribution in [3.05, 3.63) is 253 Å². The Balaban J connectivity index is 0.817. The minimum absolute atomic E-state index is 0.254. The van der Waals surface area contributed by atoms with E-state index in [0.717, 1.165) is 40.1 Å². The molecule has 0 radical (unpaired) electrons. The van der Waals surface area contributed by atoms with E-state index in [1.165, 1.54) is 76.8 Å². The second-order valence-electron chi connectivity index (χ2n) is 17.7. The van der Waals surface area contributed by atoms with Crippen LogP contribution in [-0.2, 0) is 0 Å². The molecule has 320 valence electrons. The van der Waals surface area contributed by atoms with Crippen molar-refractivity contribution in [2.24, 2.45) is 0 Å². The molecule has 9 aromatic carbocycles. The lowest BCUT2D eigenvalue weighted by atomic mass is 9.90. The van der Waals surface area contributed by atoms with Gasteiger partial charge in [0.2, 0.25) is 0 Å². The molecule has 0 amide bonds. The predicted octanol–water partition coefficient (Wildman–Crippen LogP) is 14.6. The Bertz CT molecular complexity index is 3980. The van der Waals surface area contributed by atoms with E-state index in [2.05, 4.69) is 246 Å². The first-order valence-electron chi connectivity index (χ1n) is 23.4. The smallest absolute Gasteiger partial charge is 0.159 e. The van der Waals surface area contributed by atoms with E-state index in [4.69, 9.17) is 9.97 Å². The van der Waals surface area contributed by atoms with Crippen LogP contribution in [0.3, 0.4) is 0 Å². The van der Waals surface area contributed by atoms with Crippen LogP contribution in [0.5, 0.6) is 0 Å². The average Bonchev–Trinajstić information content (AvgIpc) is 3.94. The van der Waals surface area contributed by atoms with Crippen molar-refractivity contribution in [2.45, 2.75) is 12.3 Å². The summed E-state index contributed by atoms with van der Waals surface area (Å²) in [6, 6.07) is 82.8. The largest absolute Gasteiger partial charge is 0.310 e. The summed E-state index contributed by atoms with van der Waals surface area (Å²) in [4.78, 5) is 9.91. The molecule has 0 fully saturated rings. The highest BCUT2D eigenvalue weighted by Crippen LogP contribution is 2.38. The summed E-state index contributed by atoms with van der Waals surface area (Å²) in [5, 5.41) is 6.35. The van der Waals surface area contributed by atoms with E-state index < -0.39 is 0 Å².